The third-order valence-electron chi connectivity index (χ3n) is 3.10. The minimum absolute atomic E-state index is 0.182. The van der Waals surface area contributed by atoms with E-state index in [4.69, 9.17) is 5.26 Å². The Morgan fingerprint density at radius 3 is 2.64 bits per heavy atom. The summed E-state index contributed by atoms with van der Waals surface area (Å²) in [6, 6.07) is 13.7. The standard InChI is InChI=1S/C17H14F3N3OS/c18-17(19,20)12-4-3-5-13(10-12)22-11-16(24)23-14-6-1-2-7-15(14)25-9-8-21/h1-7,10,22H,9,11H2,(H,23,24). The van der Waals surface area contributed by atoms with Gasteiger partial charge in [0, 0.05) is 10.6 Å². The van der Waals surface area contributed by atoms with Gasteiger partial charge < -0.3 is 10.6 Å². The summed E-state index contributed by atoms with van der Waals surface area (Å²) in [5.74, 6) is -0.155. The van der Waals surface area contributed by atoms with Gasteiger partial charge in [-0.3, -0.25) is 4.79 Å². The van der Waals surface area contributed by atoms with Crippen molar-refractivity contribution in [1.29, 1.82) is 5.26 Å². The van der Waals surface area contributed by atoms with Crippen LogP contribution < -0.4 is 10.6 Å². The van der Waals surface area contributed by atoms with Gasteiger partial charge in [-0.25, -0.2) is 0 Å². The Balaban J connectivity index is 1.97. The van der Waals surface area contributed by atoms with Crippen molar-refractivity contribution in [3.63, 3.8) is 0 Å². The third-order valence-corrected chi connectivity index (χ3v) is 4.04. The van der Waals surface area contributed by atoms with E-state index >= 15 is 0 Å². The summed E-state index contributed by atoms with van der Waals surface area (Å²) in [5, 5.41) is 14.0. The molecule has 0 radical (unpaired) electrons. The Bertz CT molecular complexity index is 787. The number of hydrogen-bond acceptors (Lipinski definition) is 4. The summed E-state index contributed by atoms with van der Waals surface area (Å²) in [4.78, 5) is 12.8. The molecule has 0 heterocycles. The molecule has 1 amide bonds. The third kappa shape index (κ3) is 5.72. The van der Waals surface area contributed by atoms with E-state index in [1.165, 1.54) is 23.9 Å². The van der Waals surface area contributed by atoms with Crippen molar-refractivity contribution in [3.05, 3.63) is 54.1 Å². The fourth-order valence-corrected chi connectivity index (χ4v) is 2.66. The number of anilines is 2. The molecule has 4 nitrogen and oxygen atoms in total. The maximum atomic E-state index is 12.7. The molecule has 0 saturated heterocycles. The first-order chi connectivity index (χ1) is 11.9. The fourth-order valence-electron chi connectivity index (χ4n) is 1.99. The molecule has 0 aromatic heterocycles. The van der Waals surface area contributed by atoms with E-state index in [0.29, 0.717) is 5.69 Å². The maximum Gasteiger partial charge on any atom is 0.416 e. The number of nitrogens with zero attached hydrogens (tertiary/aromatic N) is 1. The summed E-state index contributed by atoms with van der Waals surface area (Å²) >= 11 is 1.29. The van der Waals surface area contributed by atoms with Gasteiger partial charge in [0.15, 0.2) is 0 Å². The maximum absolute atomic E-state index is 12.7. The van der Waals surface area contributed by atoms with E-state index in [9.17, 15) is 18.0 Å². The molecule has 0 atom stereocenters. The Morgan fingerprint density at radius 2 is 1.92 bits per heavy atom. The quantitative estimate of drug-likeness (QED) is 0.746. The number of alkyl halides is 3. The summed E-state index contributed by atoms with van der Waals surface area (Å²) < 4.78 is 38.0. The molecule has 0 saturated carbocycles. The molecule has 0 aliphatic carbocycles. The van der Waals surface area contributed by atoms with Crippen LogP contribution in [0.2, 0.25) is 0 Å². The van der Waals surface area contributed by atoms with Gasteiger partial charge in [0.05, 0.1) is 29.6 Å². The van der Waals surface area contributed by atoms with Gasteiger partial charge in [-0.1, -0.05) is 18.2 Å². The first kappa shape index (κ1) is 18.7. The van der Waals surface area contributed by atoms with Crippen LogP contribution in [-0.4, -0.2) is 18.2 Å². The summed E-state index contributed by atoms with van der Waals surface area (Å²) in [7, 11) is 0. The Hall–Kier alpha value is -2.66. The lowest BCUT2D eigenvalue weighted by Gasteiger charge is -2.12. The molecule has 0 unspecified atom stereocenters. The Kier molecular flexibility index (Phi) is 6.31. The number of nitrogens with one attached hydrogen (secondary N) is 2. The number of nitriles is 1. The van der Waals surface area contributed by atoms with Gasteiger partial charge >= 0.3 is 6.18 Å². The van der Waals surface area contributed by atoms with Crippen LogP contribution in [0.3, 0.4) is 0 Å². The van der Waals surface area contributed by atoms with Crippen LogP contribution in [0.25, 0.3) is 0 Å². The summed E-state index contributed by atoms with van der Waals surface area (Å²) in [6.07, 6.45) is -4.43. The van der Waals surface area contributed by atoms with Gasteiger partial charge in [0.25, 0.3) is 0 Å². The summed E-state index contributed by atoms with van der Waals surface area (Å²) in [5.41, 5.74) is -0.0214. The molecule has 25 heavy (non-hydrogen) atoms. The van der Waals surface area contributed by atoms with Crippen LogP contribution in [0.1, 0.15) is 5.56 Å². The monoisotopic (exact) mass is 365 g/mol. The van der Waals surface area contributed by atoms with Crippen molar-refractivity contribution < 1.29 is 18.0 Å². The lowest BCUT2D eigenvalue weighted by molar-refractivity contribution is -0.137. The average Bonchev–Trinajstić information content (AvgIpc) is 2.59. The molecule has 0 spiro atoms. The number of halogens is 3. The van der Waals surface area contributed by atoms with Gasteiger partial charge in [-0.15, -0.1) is 11.8 Å². The number of rotatable bonds is 6. The second kappa shape index (κ2) is 8.44. The van der Waals surface area contributed by atoms with Crippen LogP contribution in [0, 0.1) is 11.3 Å². The zero-order chi connectivity index (χ0) is 18.3. The molecule has 2 N–H and O–H groups in total. The SMILES string of the molecule is N#CCSc1ccccc1NC(=O)CNc1cccc(C(F)(F)F)c1. The molecule has 8 heteroatoms. The fraction of sp³-hybridized carbons (Fsp3) is 0.176. The van der Waals surface area contributed by atoms with Crippen LogP contribution in [-0.2, 0) is 11.0 Å². The van der Waals surface area contributed by atoms with E-state index < -0.39 is 17.6 Å². The molecule has 2 aromatic rings. The zero-order valence-electron chi connectivity index (χ0n) is 12.9. The number of carbonyl (C=O) groups is 1. The number of thioether (sulfide) groups is 1. The number of amides is 1. The number of carbonyl (C=O) groups excluding carboxylic acids is 1. The molecule has 0 bridgehead atoms. The highest BCUT2D eigenvalue weighted by Crippen LogP contribution is 2.30. The largest absolute Gasteiger partial charge is 0.416 e. The van der Waals surface area contributed by atoms with E-state index in [1.54, 1.807) is 24.3 Å². The topological polar surface area (TPSA) is 64.9 Å². The van der Waals surface area contributed by atoms with Crippen molar-refractivity contribution in [2.24, 2.45) is 0 Å². The predicted octanol–water partition coefficient (Wildman–Crippen LogP) is 4.37. The molecule has 2 rings (SSSR count). The first-order valence-corrected chi connectivity index (χ1v) is 8.18. The minimum Gasteiger partial charge on any atom is -0.376 e. The number of benzene rings is 2. The lowest BCUT2D eigenvalue weighted by atomic mass is 10.2. The normalized spacial score (nSPS) is 10.8. The van der Waals surface area contributed by atoms with Crippen molar-refractivity contribution in [1.82, 2.24) is 0 Å². The van der Waals surface area contributed by atoms with Crippen molar-refractivity contribution in [2.45, 2.75) is 11.1 Å². The summed E-state index contributed by atoms with van der Waals surface area (Å²) in [6.45, 7) is -0.182. The minimum atomic E-state index is -4.43. The van der Waals surface area contributed by atoms with E-state index in [2.05, 4.69) is 10.6 Å². The van der Waals surface area contributed by atoms with Crippen LogP contribution >= 0.6 is 11.8 Å². The lowest BCUT2D eigenvalue weighted by Crippen LogP contribution is -2.22. The molecular weight excluding hydrogens is 351 g/mol. The van der Waals surface area contributed by atoms with E-state index in [0.717, 1.165) is 17.0 Å². The second-order valence-electron chi connectivity index (χ2n) is 4.92. The average molecular weight is 365 g/mol. The van der Waals surface area contributed by atoms with Crippen LogP contribution in [0.4, 0.5) is 24.5 Å². The van der Waals surface area contributed by atoms with E-state index in [1.807, 2.05) is 6.07 Å². The van der Waals surface area contributed by atoms with E-state index in [-0.39, 0.29) is 18.0 Å². The molecule has 2 aromatic carbocycles. The van der Waals surface area contributed by atoms with Gasteiger partial charge in [-0.2, -0.15) is 18.4 Å². The van der Waals surface area contributed by atoms with Crippen LogP contribution in [0.15, 0.2) is 53.4 Å². The molecule has 0 aliphatic heterocycles. The molecule has 130 valence electrons. The van der Waals surface area contributed by atoms with Crippen LogP contribution in [0.5, 0.6) is 0 Å². The van der Waals surface area contributed by atoms with Crippen molar-refractivity contribution in [3.8, 4) is 6.07 Å². The highest BCUT2D eigenvalue weighted by atomic mass is 32.2. The first-order valence-electron chi connectivity index (χ1n) is 7.20. The Labute approximate surface area is 147 Å². The number of hydrogen-bond donors (Lipinski definition) is 2. The highest BCUT2D eigenvalue weighted by Gasteiger charge is 2.30. The van der Waals surface area contributed by atoms with Gasteiger partial charge in [0.1, 0.15) is 0 Å². The Morgan fingerprint density at radius 1 is 1.16 bits per heavy atom. The predicted molar refractivity (Wildman–Crippen MR) is 91.3 cm³/mol. The molecule has 0 aliphatic rings. The van der Waals surface area contributed by atoms with Crippen molar-refractivity contribution in [2.75, 3.05) is 22.9 Å². The van der Waals surface area contributed by atoms with Gasteiger partial charge in [0.2, 0.25) is 5.91 Å². The highest BCUT2D eigenvalue weighted by molar-refractivity contribution is 7.99. The van der Waals surface area contributed by atoms with Crippen molar-refractivity contribution >= 4 is 29.0 Å². The molecule has 0 fully saturated rings. The number of para-hydroxylation sites is 1. The second-order valence-corrected chi connectivity index (χ2v) is 5.94. The smallest absolute Gasteiger partial charge is 0.376 e. The molecular formula is C17H14F3N3OS. The van der Waals surface area contributed by atoms with Gasteiger partial charge in [-0.05, 0) is 30.3 Å². The zero-order valence-corrected chi connectivity index (χ0v) is 13.7.